The maximum absolute atomic E-state index is 12.4. The molecule has 2 amide bonds. The van der Waals surface area contributed by atoms with E-state index >= 15 is 0 Å². The molecule has 1 N–H and O–H groups in total. The van der Waals surface area contributed by atoms with E-state index in [1.165, 1.54) is 0 Å². The van der Waals surface area contributed by atoms with Crippen molar-refractivity contribution < 1.29 is 9.53 Å². The number of urea groups is 1. The number of carbonyl (C=O) groups excluding carboxylic acids is 1. The maximum Gasteiger partial charge on any atom is 0.324 e. The van der Waals surface area contributed by atoms with Gasteiger partial charge in [0.2, 0.25) is 0 Å². The van der Waals surface area contributed by atoms with Gasteiger partial charge in [-0.3, -0.25) is 5.32 Å². The average molecular weight is 337 g/mol. The van der Waals surface area contributed by atoms with Gasteiger partial charge in [0, 0.05) is 32.1 Å². The molecule has 0 radical (unpaired) electrons. The fraction of sp³-hybridized carbons (Fsp3) is 0.278. The van der Waals surface area contributed by atoms with Crippen molar-refractivity contribution >= 4 is 17.6 Å². The van der Waals surface area contributed by atoms with Gasteiger partial charge in [0.1, 0.15) is 11.9 Å². The first-order valence-corrected chi connectivity index (χ1v) is 8.37. The Hall–Kier alpha value is -3.09. The molecule has 3 aromatic rings. The third-order valence-corrected chi connectivity index (χ3v) is 4.24. The van der Waals surface area contributed by atoms with Gasteiger partial charge in [0.15, 0.2) is 5.65 Å². The smallest absolute Gasteiger partial charge is 0.324 e. The fourth-order valence-corrected chi connectivity index (χ4v) is 2.93. The van der Waals surface area contributed by atoms with Gasteiger partial charge in [-0.05, 0) is 24.3 Å². The number of fused-ring (bicyclic) bond motifs is 1. The number of piperidine rings is 1. The molecule has 1 fully saturated rings. The van der Waals surface area contributed by atoms with Crippen LogP contribution in [0.4, 0.5) is 10.7 Å². The average Bonchev–Trinajstić information content (AvgIpc) is 3.05. The lowest BCUT2D eigenvalue weighted by Gasteiger charge is -2.31. The predicted molar refractivity (Wildman–Crippen MR) is 93.7 cm³/mol. The Labute approximate surface area is 145 Å². The molecule has 7 nitrogen and oxygen atoms in total. The van der Waals surface area contributed by atoms with Crippen LogP contribution in [0.25, 0.3) is 5.65 Å². The number of nitrogens with zero attached hydrogens (tertiary/aromatic N) is 4. The summed E-state index contributed by atoms with van der Waals surface area (Å²) in [4.78, 5) is 18.5. The molecule has 128 valence electrons. The van der Waals surface area contributed by atoms with Crippen molar-refractivity contribution in [2.24, 2.45) is 0 Å². The first-order valence-electron chi connectivity index (χ1n) is 8.37. The third kappa shape index (κ3) is 3.55. The number of para-hydroxylation sites is 1. The molecule has 0 atom stereocenters. The molecule has 7 heteroatoms. The van der Waals surface area contributed by atoms with Crippen LogP contribution in [0.3, 0.4) is 0 Å². The number of ether oxygens (including phenoxy) is 1. The summed E-state index contributed by atoms with van der Waals surface area (Å²) < 4.78 is 7.59. The van der Waals surface area contributed by atoms with Crippen LogP contribution in [0.15, 0.2) is 54.7 Å². The van der Waals surface area contributed by atoms with Crippen LogP contribution in [0.1, 0.15) is 12.8 Å². The Morgan fingerprint density at radius 1 is 1.08 bits per heavy atom. The largest absolute Gasteiger partial charge is 0.490 e. The first-order chi connectivity index (χ1) is 12.3. The Morgan fingerprint density at radius 3 is 2.60 bits per heavy atom. The van der Waals surface area contributed by atoms with Crippen LogP contribution in [0.2, 0.25) is 0 Å². The second kappa shape index (κ2) is 6.80. The summed E-state index contributed by atoms with van der Waals surface area (Å²) in [5, 5.41) is 7.01. The van der Waals surface area contributed by atoms with Crippen LogP contribution in [0.5, 0.6) is 5.75 Å². The van der Waals surface area contributed by atoms with Gasteiger partial charge >= 0.3 is 6.03 Å². The molecule has 1 aliphatic heterocycles. The number of aromatic nitrogens is 3. The molecular weight excluding hydrogens is 318 g/mol. The van der Waals surface area contributed by atoms with E-state index in [0.29, 0.717) is 24.7 Å². The normalized spacial score (nSPS) is 15.3. The number of carbonyl (C=O) groups is 1. The highest BCUT2D eigenvalue weighted by Crippen LogP contribution is 2.19. The number of rotatable bonds is 3. The molecule has 0 bridgehead atoms. The summed E-state index contributed by atoms with van der Waals surface area (Å²) in [6.07, 6.45) is 3.55. The topological polar surface area (TPSA) is 71.8 Å². The van der Waals surface area contributed by atoms with Crippen molar-refractivity contribution in [2.45, 2.75) is 18.9 Å². The summed E-state index contributed by atoms with van der Waals surface area (Å²) >= 11 is 0. The summed E-state index contributed by atoms with van der Waals surface area (Å²) in [5.41, 5.74) is 0.702. The maximum atomic E-state index is 12.4. The van der Waals surface area contributed by atoms with Crippen molar-refractivity contribution in [2.75, 3.05) is 18.4 Å². The Morgan fingerprint density at radius 2 is 1.84 bits per heavy atom. The van der Waals surface area contributed by atoms with Crippen LogP contribution in [0, 0.1) is 0 Å². The van der Waals surface area contributed by atoms with Crippen molar-refractivity contribution in [3.05, 3.63) is 54.7 Å². The molecule has 0 aliphatic carbocycles. The molecule has 1 saturated heterocycles. The van der Waals surface area contributed by atoms with E-state index in [9.17, 15) is 4.79 Å². The predicted octanol–water partition coefficient (Wildman–Crippen LogP) is 2.80. The Kier molecular flexibility index (Phi) is 4.20. The zero-order valence-corrected chi connectivity index (χ0v) is 13.7. The first kappa shape index (κ1) is 15.4. The standard InChI is InChI=1S/C18H19N5O2/c24-18(20-17-19-16-8-4-5-11-23(16)21-17)22-12-9-15(10-13-22)25-14-6-2-1-3-7-14/h1-8,11,15H,9-10,12-13H2,(H,20,21,24). The number of hydrogen-bond acceptors (Lipinski definition) is 4. The van der Waals surface area contributed by atoms with Crippen molar-refractivity contribution in [3.8, 4) is 5.75 Å². The van der Waals surface area contributed by atoms with E-state index in [4.69, 9.17) is 4.74 Å². The van der Waals surface area contributed by atoms with Gasteiger partial charge in [-0.25, -0.2) is 9.31 Å². The number of nitrogens with one attached hydrogen (secondary N) is 1. The molecule has 1 aliphatic rings. The highest BCUT2D eigenvalue weighted by Gasteiger charge is 2.24. The Bertz CT molecular complexity index is 823. The van der Waals surface area contributed by atoms with Gasteiger partial charge in [-0.15, -0.1) is 5.10 Å². The third-order valence-electron chi connectivity index (χ3n) is 4.24. The molecular formula is C18H19N5O2. The second-order valence-electron chi connectivity index (χ2n) is 5.99. The van der Waals surface area contributed by atoms with Crippen molar-refractivity contribution in [1.82, 2.24) is 19.5 Å². The highest BCUT2D eigenvalue weighted by molar-refractivity contribution is 5.87. The van der Waals surface area contributed by atoms with E-state index in [0.717, 1.165) is 18.6 Å². The number of anilines is 1. The van der Waals surface area contributed by atoms with Crippen LogP contribution in [-0.2, 0) is 0 Å². The summed E-state index contributed by atoms with van der Waals surface area (Å²) in [6.45, 7) is 1.30. The van der Waals surface area contributed by atoms with Gasteiger partial charge in [0.05, 0.1) is 0 Å². The molecule has 25 heavy (non-hydrogen) atoms. The molecule has 0 saturated carbocycles. The Balaban J connectivity index is 1.32. The quantitative estimate of drug-likeness (QED) is 0.798. The second-order valence-corrected chi connectivity index (χ2v) is 5.99. The molecule has 3 heterocycles. The molecule has 4 rings (SSSR count). The molecule has 1 aromatic carbocycles. The highest BCUT2D eigenvalue weighted by atomic mass is 16.5. The summed E-state index contributed by atoms with van der Waals surface area (Å²) in [6, 6.07) is 15.2. The molecule has 0 unspecified atom stereocenters. The number of benzene rings is 1. The van der Waals surface area contributed by atoms with Gasteiger partial charge < -0.3 is 9.64 Å². The molecule has 0 spiro atoms. The van der Waals surface area contributed by atoms with E-state index < -0.39 is 0 Å². The summed E-state index contributed by atoms with van der Waals surface area (Å²) in [5.74, 6) is 1.19. The number of likely N-dealkylation sites (tertiary alicyclic amines) is 1. The lowest BCUT2D eigenvalue weighted by molar-refractivity contribution is 0.115. The zero-order valence-electron chi connectivity index (χ0n) is 13.7. The SMILES string of the molecule is O=C(Nc1nc2ccccn2n1)N1CCC(Oc2ccccc2)CC1. The number of hydrogen-bond donors (Lipinski definition) is 1. The summed E-state index contributed by atoms with van der Waals surface area (Å²) in [7, 11) is 0. The van der Waals surface area contributed by atoms with Gasteiger partial charge in [0.25, 0.3) is 5.95 Å². The number of amides is 2. The lowest BCUT2D eigenvalue weighted by atomic mass is 10.1. The van der Waals surface area contributed by atoms with E-state index in [2.05, 4.69) is 15.4 Å². The van der Waals surface area contributed by atoms with Gasteiger partial charge in [-0.2, -0.15) is 4.98 Å². The minimum atomic E-state index is -0.172. The van der Waals surface area contributed by atoms with E-state index in [1.807, 2.05) is 48.5 Å². The monoisotopic (exact) mass is 337 g/mol. The van der Waals surface area contributed by atoms with E-state index in [1.54, 1.807) is 15.6 Å². The minimum Gasteiger partial charge on any atom is -0.490 e. The van der Waals surface area contributed by atoms with Crippen molar-refractivity contribution in [3.63, 3.8) is 0 Å². The minimum absolute atomic E-state index is 0.139. The van der Waals surface area contributed by atoms with Crippen molar-refractivity contribution in [1.29, 1.82) is 0 Å². The van der Waals surface area contributed by atoms with E-state index in [-0.39, 0.29) is 12.1 Å². The number of pyridine rings is 1. The van der Waals surface area contributed by atoms with Gasteiger partial charge in [-0.1, -0.05) is 24.3 Å². The lowest BCUT2D eigenvalue weighted by Crippen LogP contribution is -2.43. The van der Waals surface area contributed by atoms with Crippen LogP contribution >= 0.6 is 0 Å². The fourth-order valence-electron chi connectivity index (χ4n) is 2.93. The zero-order chi connectivity index (χ0) is 17.1. The van der Waals surface area contributed by atoms with Crippen LogP contribution < -0.4 is 10.1 Å². The molecule has 2 aromatic heterocycles. The van der Waals surface area contributed by atoms with Crippen LogP contribution in [-0.4, -0.2) is 44.7 Å².